The Morgan fingerprint density at radius 2 is 2.12 bits per heavy atom. The summed E-state index contributed by atoms with van der Waals surface area (Å²) in [7, 11) is 0. The molecular weight excluding hydrogens is 232 g/mol. The number of alkyl halides is 1. The van der Waals surface area contributed by atoms with Crippen molar-refractivity contribution in [2.24, 2.45) is 5.92 Å². The number of hydrogen-bond donors (Lipinski definition) is 0. The van der Waals surface area contributed by atoms with Crippen LogP contribution in [0.5, 0.6) is 0 Å². The number of anilines is 1. The molecule has 3 rings (SSSR count). The summed E-state index contributed by atoms with van der Waals surface area (Å²) >= 11 is 5.91. The van der Waals surface area contributed by atoms with Crippen molar-refractivity contribution in [2.75, 3.05) is 23.9 Å². The smallest absolute Gasteiger partial charge is 0.129 e. The molecule has 2 heterocycles. The van der Waals surface area contributed by atoms with Gasteiger partial charge in [0, 0.05) is 24.4 Å². The number of halogens is 1. The van der Waals surface area contributed by atoms with E-state index in [1.807, 2.05) is 12.1 Å². The summed E-state index contributed by atoms with van der Waals surface area (Å²) in [5.41, 5.74) is 1.07. The summed E-state index contributed by atoms with van der Waals surface area (Å²) in [5.74, 6) is 2.45. The fourth-order valence-corrected chi connectivity index (χ4v) is 2.65. The predicted octanol–water partition coefficient (Wildman–Crippen LogP) is 3.30. The average molecular weight is 247 g/mol. The topological polar surface area (TPSA) is 16.1 Å². The van der Waals surface area contributed by atoms with Gasteiger partial charge in [0.25, 0.3) is 0 Å². The molecule has 17 heavy (non-hydrogen) atoms. The van der Waals surface area contributed by atoms with Crippen LogP contribution in [0.1, 0.15) is 6.42 Å². The SMILES string of the molecule is ClCC1CCN(c2ccc3ccccc3n2)C1. The zero-order valence-corrected chi connectivity index (χ0v) is 10.4. The van der Waals surface area contributed by atoms with E-state index in [9.17, 15) is 0 Å². The van der Waals surface area contributed by atoms with E-state index in [1.165, 1.54) is 11.8 Å². The number of nitrogens with zero attached hydrogens (tertiary/aromatic N) is 2. The van der Waals surface area contributed by atoms with Gasteiger partial charge < -0.3 is 4.90 Å². The molecule has 0 N–H and O–H groups in total. The molecule has 1 aromatic carbocycles. The molecule has 2 nitrogen and oxygen atoms in total. The van der Waals surface area contributed by atoms with Crippen LogP contribution in [-0.4, -0.2) is 24.0 Å². The molecule has 2 aromatic rings. The molecule has 1 aromatic heterocycles. The zero-order chi connectivity index (χ0) is 11.7. The molecule has 1 unspecified atom stereocenters. The van der Waals surface area contributed by atoms with Gasteiger partial charge in [0.15, 0.2) is 0 Å². The van der Waals surface area contributed by atoms with Crippen LogP contribution < -0.4 is 4.90 Å². The summed E-state index contributed by atoms with van der Waals surface area (Å²) in [6.45, 7) is 2.11. The number of hydrogen-bond acceptors (Lipinski definition) is 2. The molecule has 1 aliphatic rings. The standard InChI is InChI=1S/C14H15ClN2/c15-9-11-7-8-17(10-11)14-6-5-12-3-1-2-4-13(12)16-14/h1-6,11H,7-10H2. The Morgan fingerprint density at radius 3 is 2.94 bits per heavy atom. The highest BCUT2D eigenvalue weighted by molar-refractivity contribution is 6.18. The van der Waals surface area contributed by atoms with Crippen LogP contribution in [0.4, 0.5) is 5.82 Å². The lowest BCUT2D eigenvalue weighted by atomic mass is 10.2. The van der Waals surface area contributed by atoms with Gasteiger partial charge in [-0.05, 0) is 30.5 Å². The third-order valence-corrected chi connectivity index (χ3v) is 3.85. The number of para-hydroxylation sites is 1. The van der Waals surface area contributed by atoms with Gasteiger partial charge in [-0.2, -0.15) is 0 Å². The highest BCUT2D eigenvalue weighted by Gasteiger charge is 2.22. The van der Waals surface area contributed by atoms with E-state index in [0.29, 0.717) is 5.92 Å². The summed E-state index contributed by atoms with van der Waals surface area (Å²) < 4.78 is 0. The molecule has 1 fully saturated rings. The van der Waals surface area contributed by atoms with E-state index in [1.54, 1.807) is 0 Å². The molecule has 0 aliphatic carbocycles. The van der Waals surface area contributed by atoms with Crippen LogP contribution in [0.3, 0.4) is 0 Å². The van der Waals surface area contributed by atoms with E-state index in [-0.39, 0.29) is 0 Å². The van der Waals surface area contributed by atoms with Crippen molar-refractivity contribution >= 4 is 28.3 Å². The van der Waals surface area contributed by atoms with Crippen molar-refractivity contribution in [3.05, 3.63) is 36.4 Å². The van der Waals surface area contributed by atoms with Crippen LogP contribution in [-0.2, 0) is 0 Å². The van der Waals surface area contributed by atoms with Crippen molar-refractivity contribution in [3.8, 4) is 0 Å². The van der Waals surface area contributed by atoms with E-state index < -0.39 is 0 Å². The first-order valence-electron chi connectivity index (χ1n) is 6.03. The normalized spacial score (nSPS) is 20.1. The maximum atomic E-state index is 5.91. The van der Waals surface area contributed by atoms with Crippen LogP contribution in [0.15, 0.2) is 36.4 Å². The minimum atomic E-state index is 0.616. The predicted molar refractivity (Wildman–Crippen MR) is 72.8 cm³/mol. The number of rotatable bonds is 2. The lowest BCUT2D eigenvalue weighted by molar-refractivity contribution is 0.666. The lowest BCUT2D eigenvalue weighted by Crippen LogP contribution is -2.21. The first-order chi connectivity index (χ1) is 8.36. The first-order valence-corrected chi connectivity index (χ1v) is 6.57. The Morgan fingerprint density at radius 1 is 1.24 bits per heavy atom. The lowest BCUT2D eigenvalue weighted by Gasteiger charge is -2.17. The van der Waals surface area contributed by atoms with Crippen molar-refractivity contribution in [1.82, 2.24) is 4.98 Å². The first kappa shape index (κ1) is 10.8. The molecule has 1 atom stereocenters. The summed E-state index contributed by atoms with van der Waals surface area (Å²) in [4.78, 5) is 7.04. The third-order valence-electron chi connectivity index (χ3n) is 3.41. The molecule has 1 saturated heterocycles. The maximum Gasteiger partial charge on any atom is 0.129 e. The molecule has 88 valence electrons. The Labute approximate surface area is 106 Å². The van der Waals surface area contributed by atoms with Gasteiger partial charge in [0.1, 0.15) is 5.82 Å². The second-order valence-corrected chi connectivity index (χ2v) is 4.93. The highest BCUT2D eigenvalue weighted by atomic mass is 35.5. The third kappa shape index (κ3) is 2.09. The van der Waals surface area contributed by atoms with Crippen LogP contribution in [0.25, 0.3) is 10.9 Å². The summed E-state index contributed by atoms with van der Waals surface area (Å²) in [6, 6.07) is 12.5. The van der Waals surface area contributed by atoms with Crippen LogP contribution >= 0.6 is 11.6 Å². The van der Waals surface area contributed by atoms with E-state index in [2.05, 4.69) is 29.2 Å². The van der Waals surface area contributed by atoms with Crippen LogP contribution in [0, 0.1) is 5.92 Å². The van der Waals surface area contributed by atoms with Gasteiger partial charge in [-0.1, -0.05) is 18.2 Å². The maximum absolute atomic E-state index is 5.91. The highest BCUT2D eigenvalue weighted by Crippen LogP contribution is 2.24. The van der Waals surface area contributed by atoms with Crippen molar-refractivity contribution in [3.63, 3.8) is 0 Å². The average Bonchev–Trinajstić information content (AvgIpc) is 2.87. The molecule has 3 heteroatoms. The quantitative estimate of drug-likeness (QED) is 0.756. The fourth-order valence-electron chi connectivity index (χ4n) is 2.40. The van der Waals surface area contributed by atoms with Crippen molar-refractivity contribution < 1.29 is 0 Å². The minimum Gasteiger partial charge on any atom is -0.356 e. The number of fused-ring (bicyclic) bond motifs is 1. The van der Waals surface area contributed by atoms with Crippen molar-refractivity contribution in [1.29, 1.82) is 0 Å². The Hall–Kier alpha value is -1.28. The zero-order valence-electron chi connectivity index (χ0n) is 9.64. The summed E-state index contributed by atoms with van der Waals surface area (Å²) in [5, 5.41) is 1.20. The summed E-state index contributed by atoms with van der Waals surface area (Å²) in [6.07, 6.45) is 1.18. The Balaban J connectivity index is 1.91. The van der Waals surface area contributed by atoms with Gasteiger partial charge >= 0.3 is 0 Å². The molecule has 1 aliphatic heterocycles. The minimum absolute atomic E-state index is 0.616. The van der Waals surface area contributed by atoms with E-state index in [4.69, 9.17) is 16.6 Å². The van der Waals surface area contributed by atoms with Crippen LogP contribution in [0.2, 0.25) is 0 Å². The molecule has 0 saturated carbocycles. The van der Waals surface area contributed by atoms with E-state index in [0.717, 1.165) is 30.3 Å². The molecule has 0 amide bonds. The largest absolute Gasteiger partial charge is 0.356 e. The van der Waals surface area contributed by atoms with Gasteiger partial charge in [-0.3, -0.25) is 0 Å². The van der Waals surface area contributed by atoms with Gasteiger partial charge in [-0.15, -0.1) is 11.6 Å². The number of pyridine rings is 1. The monoisotopic (exact) mass is 246 g/mol. The molecule has 0 spiro atoms. The number of benzene rings is 1. The molecule has 0 radical (unpaired) electrons. The van der Waals surface area contributed by atoms with Gasteiger partial charge in [0.05, 0.1) is 5.52 Å². The van der Waals surface area contributed by atoms with Gasteiger partial charge in [-0.25, -0.2) is 4.98 Å². The second-order valence-electron chi connectivity index (χ2n) is 4.62. The van der Waals surface area contributed by atoms with Gasteiger partial charge in [0.2, 0.25) is 0 Å². The van der Waals surface area contributed by atoms with E-state index >= 15 is 0 Å². The molecular formula is C14H15ClN2. The Bertz CT molecular complexity index is 526. The Kier molecular flexibility index (Phi) is 2.89. The second kappa shape index (κ2) is 4.53. The van der Waals surface area contributed by atoms with Crippen molar-refractivity contribution in [2.45, 2.75) is 6.42 Å². The fraction of sp³-hybridized carbons (Fsp3) is 0.357. The molecule has 0 bridgehead atoms. The number of aromatic nitrogens is 1.